The van der Waals surface area contributed by atoms with Gasteiger partial charge in [-0.3, -0.25) is 4.72 Å². The van der Waals surface area contributed by atoms with Crippen LogP contribution in [-0.2, 0) is 16.4 Å². The molecule has 29 heavy (non-hydrogen) atoms. The summed E-state index contributed by atoms with van der Waals surface area (Å²) in [7, 11) is -3.73. The second kappa shape index (κ2) is 7.61. The van der Waals surface area contributed by atoms with E-state index in [0.717, 1.165) is 16.0 Å². The summed E-state index contributed by atoms with van der Waals surface area (Å²) in [5.41, 5.74) is 1.17. The van der Waals surface area contributed by atoms with Crippen molar-refractivity contribution in [1.29, 1.82) is 0 Å². The molecule has 4 rings (SSSR count). The first kappa shape index (κ1) is 20.7. The van der Waals surface area contributed by atoms with Crippen LogP contribution in [0.2, 0.25) is 5.02 Å². The Kier molecular flexibility index (Phi) is 5.43. The monoisotopic (exact) mass is 515 g/mol. The lowest BCUT2D eigenvalue weighted by Gasteiger charge is -2.19. The molecule has 0 unspecified atom stereocenters. The van der Waals surface area contributed by atoms with Gasteiger partial charge in [0.25, 0.3) is 0 Å². The second-order valence-corrected chi connectivity index (χ2v) is 11.2. The number of rotatable bonds is 7. The Bertz CT molecular complexity index is 1230. The summed E-state index contributed by atoms with van der Waals surface area (Å²) < 4.78 is 48.2. The van der Waals surface area contributed by atoms with Gasteiger partial charge < -0.3 is 0 Å². The van der Waals surface area contributed by atoms with Crippen LogP contribution in [0.1, 0.15) is 30.4 Å². The van der Waals surface area contributed by atoms with Crippen molar-refractivity contribution in [2.45, 2.75) is 30.4 Å². The van der Waals surface area contributed by atoms with Crippen molar-refractivity contribution in [1.82, 2.24) is 9.59 Å². The maximum Gasteiger partial charge on any atom is 0.238 e. The number of hydrogen-bond donors (Lipinski definition) is 1. The Morgan fingerprint density at radius 1 is 1.38 bits per heavy atom. The molecule has 1 aliphatic carbocycles. The van der Waals surface area contributed by atoms with Crippen molar-refractivity contribution in [3.63, 3.8) is 0 Å². The fourth-order valence-electron chi connectivity index (χ4n) is 3.28. The van der Waals surface area contributed by atoms with Crippen molar-refractivity contribution < 1.29 is 12.8 Å². The average molecular weight is 517 g/mol. The largest absolute Gasteiger partial charge is 0.283 e. The van der Waals surface area contributed by atoms with Gasteiger partial charge in [-0.25, -0.2) is 12.8 Å². The molecular weight excluding hydrogens is 501 g/mol. The molecule has 10 heteroatoms. The van der Waals surface area contributed by atoms with Crippen LogP contribution in [0.5, 0.6) is 0 Å². The van der Waals surface area contributed by atoms with Gasteiger partial charge in [0.05, 0.1) is 15.1 Å². The van der Waals surface area contributed by atoms with Gasteiger partial charge in [-0.05, 0) is 54.6 Å². The molecule has 5 nitrogen and oxygen atoms in total. The number of fused-ring (bicyclic) bond motifs is 1. The van der Waals surface area contributed by atoms with Crippen molar-refractivity contribution >= 4 is 65.0 Å². The summed E-state index contributed by atoms with van der Waals surface area (Å²) >= 11 is 10.7. The van der Waals surface area contributed by atoms with Crippen LogP contribution in [0, 0.1) is 5.82 Å². The highest BCUT2D eigenvalue weighted by Gasteiger charge is 2.53. The number of sulfonamides is 1. The normalized spacial score (nSPS) is 15.4. The van der Waals surface area contributed by atoms with Crippen molar-refractivity contribution in [2.75, 3.05) is 4.72 Å². The number of nitrogens with zero attached hydrogens (tertiary/aromatic N) is 2. The van der Waals surface area contributed by atoms with Crippen LogP contribution < -0.4 is 4.72 Å². The molecule has 0 radical (unpaired) electrons. The van der Waals surface area contributed by atoms with Gasteiger partial charge in [-0.2, -0.15) is 0 Å². The van der Waals surface area contributed by atoms with Crippen LogP contribution in [0.25, 0.3) is 10.2 Å². The summed E-state index contributed by atoms with van der Waals surface area (Å²) in [4.78, 5) is 0. The summed E-state index contributed by atoms with van der Waals surface area (Å²) in [5, 5.41) is 4.30. The first-order valence-corrected chi connectivity index (χ1v) is 12.2. The standard InChI is InChI=1S/C19H16BrClFN3O2S2/c1-2-5-19(6-7-19)29(26,27)24-15-10-16-18(23-25-28-16)17(22)13(15)8-11-3-4-12(20)9-14(11)21/h2-4,9-10,24H,1,5-8H2. The molecule has 0 atom stereocenters. The summed E-state index contributed by atoms with van der Waals surface area (Å²) in [6, 6.07) is 6.88. The SMILES string of the molecule is C=CCC1(S(=O)(=O)Nc2cc3snnc3c(F)c2Cc2ccc(Br)cc2Cl)CC1. The quantitative estimate of drug-likeness (QED) is 0.410. The van der Waals surface area contributed by atoms with E-state index in [9.17, 15) is 8.42 Å². The molecule has 0 spiro atoms. The first-order valence-electron chi connectivity index (χ1n) is 8.77. The van der Waals surface area contributed by atoms with Crippen LogP contribution >= 0.6 is 39.1 Å². The number of hydrogen-bond acceptors (Lipinski definition) is 5. The molecule has 0 bridgehead atoms. The number of nitrogens with one attached hydrogen (secondary N) is 1. The first-order chi connectivity index (χ1) is 13.8. The van der Waals surface area contributed by atoms with Crippen LogP contribution in [0.15, 0.2) is 41.4 Å². The number of benzene rings is 2. The Morgan fingerprint density at radius 2 is 2.14 bits per heavy atom. The van der Waals surface area contributed by atoms with Gasteiger partial charge >= 0.3 is 0 Å². The van der Waals surface area contributed by atoms with E-state index in [1.54, 1.807) is 30.3 Å². The predicted molar refractivity (Wildman–Crippen MR) is 119 cm³/mol. The number of allylic oxidation sites excluding steroid dienone is 1. The summed E-state index contributed by atoms with van der Waals surface area (Å²) in [5.74, 6) is -0.596. The fourth-order valence-corrected chi connectivity index (χ4v) is 6.28. The van der Waals surface area contributed by atoms with E-state index in [0.29, 0.717) is 34.5 Å². The maximum atomic E-state index is 15.3. The van der Waals surface area contributed by atoms with Gasteiger partial charge in [0, 0.05) is 21.5 Å². The summed E-state index contributed by atoms with van der Waals surface area (Å²) in [6.07, 6.45) is 3.16. The van der Waals surface area contributed by atoms with E-state index in [2.05, 4.69) is 36.8 Å². The zero-order valence-electron chi connectivity index (χ0n) is 15.1. The van der Waals surface area contributed by atoms with Gasteiger partial charge in [0.2, 0.25) is 10.0 Å². The summed E-state index contributed by atoms with van der Waals surface area (Å²) in [6.45, 7) is 3.66. The van der Waals surface area contributed by atoms with E-state index in [1.807, 2.05) is 0 Å². The average Bonchev–Trinajstić information content (AvgIpc) is 3.30. The highest BCUT2D eigenvalue weighted by molar-refractivity contribution is 9.10. The molecule has 0 saturated heterocycles. The molecular formula is C19H16BrClFN3O2S2. The lowest BCUT2D eigenvalue weighted by Crippen LogP contribution is -2.29. The molecule has 0 aliphatic heterocycles. The van der Waals surface area contributed by atoms with Crippen LogP contribution in [0.4, 0.5) is 10.1 Å². The van der Waals surface area contributed by atoms with Gasteiger partial charge in [0.1, 0.15) is 5.52 Å². The molecule has 0 amide bonds. The van der Waals surface area contributed by atoms with Crippen LogP contribution in [-0.4, -0.2) is 22.8 Å². The fraction of sp³-hybridized carbons (Fsp3) is 0.263. The Labute approximate surface area is 185 Å². The smallest absolute Gasteiger partial charge is 0.238 e. The number of anilines is 1. The molecule has 3 aromatic rings. The zero-order chi connectivity index (χ0) is 20.8. The van der Waals surface area contributed by atoms with E-state index in [-0.39, 0.29) is 23.2 Å². The minimum atomic E-state index is -3.73. The molecule has 1 N–H and O–H groups in total. The lowest BCUT2D eigenvalue weighted by molar-refractivity contribution is 0.582. The predicted octanol–water partition coefficient (Wildman–Crippen LogP) is 5.69. The molecule has 1 aliphatic rings. The molecule has 1 aromatic heterocycles. The minimum absolute atomic E-state index is 0.109. The molecule has 1 fully saturated rings. The third-order valence-corrected chi connectivity index (χ3v) is 8.83. The van der Waals surface area contributed by atoms with Gasteiger partial charge in [-0.1, -0.05) is 44.2 Å². The molecule has 1 heterocycles. The lowest BCUT2D eigenvalue weighted by atomic mass is 10.0. The van der Waals surface area contributed by atoms with Crippen molar-refractivity contribution in [2.24, 2.45) is 0 Å². The molecule has 152 valence electrons. The Balaban J connectivity index is 1.80. The van der Waals surface area contributed by atoms with Gasteiger partial charge in [-0.15, -0.1) is 11.7 Å². The minimum Gasteiger partial charge on any atom is -0.283 e. The van der Waals surface area contributed by atoms with Crippen molar-refractivity contribution in [3.05, 3.63) is 63.4 Å². The Morgan fingerprint density at radius 3 is 2.79 bits per heavy atom. The van der Waals surface area contributed by atoms with Gasteiger partial charge in [0.15, 0.2) is 5.82 Å². The number of halogens is 3. The van der Waals surface area contributed by atoms with E-state index in [4.69, 9.17) is 11.6 Å². The molecule has 1 saturated carbocycles. The van der Waals surface area contributed by atoms with E-state index < -0.39 is 20.6 Å². The highest BCUT2D eigenvalue weighted by atomic mass is 79.9. The van der Waals surface area contributed by atoms with Crippen LogP contribution in [0.3, 0.4) is 0 Å². The number of aromatic nitrogens is 2. The van der Waals surface area contributed by atoms with Crippen molar-refractivity contribution in [3.8, 4) is 0 Å². The maximum absolute atomic E-state index is 15.3. The Hall–Kier alpha value is -1.55. The highest BCUT2D eigenvalue weighted by Crippen LogP contribution is 2.48. The zero-order valence-corrected chi connectivity index (χ0v) is 19.1. The third kappa shape index (κ3) is 3.81. The topological polar surface area (TPSA) is 72.0 Å². The molecule has 2 aromatic carbocycles. The van der Waals surface area contributed by atoms with E-state index >= 15 is 4.39 Å². The second-order valence-electron chi connectivity index (χ2n) is 7.03. The van der Waals surface area contributed by atoms with E-state index in [1.165, 1.54) is 0 Å². The third-order valence-electron chi connectivity index (χ3n) is 5.11.